The summed E-state index contributed by atoms with van der Waals surface area (Å²) in [5.41, 5.74) is 1.80. The number of benzene rings is 2. The predicted octanol–water partition coefficient (Wildman–Crippen LogP) is 4.13. The molecule has 2 aromatic heterocycles. The highest BCUT2D eigenvalue weighted by Gasteiger charge is 2.08. The minimum Gasteiger partial charge on any atom is -0.361 e. The third-order valence-electron chi connectivity index (χ3n) is 3.70. The van der Waals surface area contributed by atoms with Gasteiger partial charge in [-0.3, -0.25) is 9.36 Å². The van der Waals surface area contributed by atoms with E-state index in [1.807, 2.05) is 42.6 Å². The lowest BCUT2D eigenvalue weighted by Crippen LogP contribution is -2.17. The van der Waals surface area contributed by atoms with E-state index >= 15 is 0 Å². The summed E-state index contributed by atoms with van der Waals surface area (Å²) < 4.78 is 1.66. The Bertz CT molecular complexity index is 1030. The number of fused-ring (bicyclic) bond motifs is 2. The molecule has 4 aromatic rings. The Kier molecular flexibility index (Phi) is 2.62. The number of pyridine rings is 1. The lowest BCUT2D eigenvalue weighted by atomic mass is 10.1. The largest absolute Gasteiger partial charge is 0.361 e. The van der Waals surface area contributed by atoms with Crippen LogP contribution in [0.2, 0.25) is 5.02 Å². The molecule has 2 aromatic carbocycles. The van der Waals surface area contributed by atoms with Gasteiger partial charge in [0.25, 0.3) is 5.56 Å². The van der Waals surface area contributed by atoms with Crippen LogP contribution >= 0.6 is 11.6 Å². The molecule has 0 atom stereocenters. The average molecular weight is 295 g/mol. The number of nitrogens with zero attached hydrogens (tertiary/aromatic N) is 1. The van der Waals surface area contributed by atoms with Gasteiger partial charge in [-0.2, -0.15) is 0 Å². The summed E-state index contributed by atoms with van der Waals surface area (Å²) in [6.45, 7) is 0. The highest BCUT2D eigenvalue weighted by molar-refractivity contribution is 6.31. The summed E-state index contributed by atoms with van der Waals surface area (Å²) in [6, 6.07) is 15.1. The molecule has 3 nitrogen and oxygen atoms in total. The standard InChI is InChI=1S/C17H11ClN2O/c18-12-5-4-11-7-9-20(17(21)14(11)10-12)16-3-1-2-15-13(16)6-8-19-15/h1-10,19H. The number of hydrogen-bond acceptors (Lipinski definition) is 1. The first-order valence-electron chi connectivity index (χ1n) is 6.61. The van der Waals surface area contributed by atoms with Crippen LogP contribution in [-0.2, 0) is 0 Å². The quantitative estimate of drug-likeness (QED) is 0.563. The van der Waals surface area contributed by atoms with E-state index in [0.717, 1.165) is 22.0 Å². The molecule has 0 saturated carbocycles. The molecular formula is C17H11ClN2O. The first kappa shape index (κ1) is 12.2. The fourth-order valence-corrected chi connectivity index (χ4v) is 2.85. The van der Waals surface area contributed by atoms with Crippen LogP contribution in [0.25, 0.3) is 27.4 Å². The lowest BCUT2D eigenvalue weighted by molar-refractivity contribution is 1.02. The van der Waals surface area contributed by atoms with E-state index in [1.165, 1.54) is 0 Å². The maximum atomic E-state index is 12.7. The van der Waals surface area contributed by atoms with Crippen molar-refractivity contribution < 1.29 is 0 Å². The molecule has 0 spiro atoms. The number of aromatic amines is 1. The van der Waals surface area contributed by atoms with E-state index in [1.54, 1.807) is 22.9 Å². The number of rotatable bonds is 1. The zero-order chi connectivity index (χ0) is 14.4. The third kappa shape index (κ3) is 1.86. The zero-order valence-corrected chi connectivity index (χ0v) is 11.8. The minimum absolute atomic E-state index is 0.0660. The van der Waals surface area contributed by atoms with Crippen molar-refractivity contribution in [3.05, 3.63) is 76.3 Å². The molecule has 0 aliphatic rings. The van der Waals surface area contributed by atoms with Gasteiger partial charge in [-0.15, -0.1) is 0 Å². The molecule has 0 amide bonds. The van der Waals surface area contributed by atoms with Gasteiger partial charge in [-0.1, -0.05) is 23.7 Å². The molecule has 0 fully saturated rings. The summed E-state index contributed by atoms with van der Waals surface area (Å²) in [5, 5.41) is 3.10. The van der Waals surface area contributed by atoms with Crippen LogP contribution in [0.4, 0.5) is 0 Å². The topological polar surface area (TPSA) is 37.8 Å². The van der Waals surface area contributed by atoms with Crippen molar-refractivity contribution in [1.82, 2.24) is 9.55 Å². The summed E-state index contributed by atoms with van der Waals surface area (Å²) >= 11 is 6.01. The second kappa shape index (κ2) is 4.50. The first-order valence-corrected chi connectivity index (χ1v) is 6.99. The predicted molar refractivity (Wildman–Crippen MR) is 86.4 cm³/mol. The van der Waals surface area contributed by atoms with E-state index < -0.39 is 0 Å². The van der Waals surface area contributed by atoms with Gasteiger partial charge in [0, 0.05) is 33.7 Å². The van der Waals surface area contributed by atoms with Crippen molar-refractivity contribution in [1.29, 1.82) is 0 Å². The molecule has 0 saturated heterocycles. The monoisotopic (exact) mass is 294 g/mol. The summed E-state index contributed by atoms with van der Waals surface area (Å²) in [4.78, 5) is 15.9. The van der Waals surface area contributed by atoms with Crippen LogP contribution in [0, 0.1) is 0 Å². The molecule has 102 valence electrons. The number of aromatic nitrogens is 2. The second-order valence-electron chi connectivity index (χ2n) is 4.94. The van der Waals surface area contributed by atoms with Crippen molar-refractivity contribution in [3.8, 4) is 5.69 Å². The van der Waals surface area contributed by atoms with Crippen molar-refractivity contribution in [2.45, 2.75) is 0 Å². The van der Waals surface area contributed by atoms with Gasteiger partial charge in [0.15, 0.2) is 0 Å². The first-order chi connectivity index (χ1) is 10.2. The van der Waals surface area contributed by atoms with Gasteiger partial charge >= 0.3 is 0 Å². The van der Waals surface area contributed by atoms with Crippen LogP contribution in [0.3, 0.4) is 0 Å². The summed E-state index contributed by atoms with van der Waals surface area (Å²) in [5.74, 6) is 0. The van der Waals surface area contributed by atoms with Gasteiger partial charge in [0.05, 0.1) is 5.69 Å². The highest BCUT2D eigenvalue weighted by Crippen LogP contribution is 2.22. The molecule has 0 aliphatic heterocycles. The van der Waals surface area contributed by atoms with Crippen molar-refractivity contribution in [2.75, 3.05) is 0 Å². The van der Waals surface area contributed by atoms with Gasteiger partial charge in [0.2, 0.25) is 0 Å². The smallest absolute Gasteiger partial charge is 0.263 e. The third-order valence-corrected chi connectivity index (χ3v) is 3.93. The number of hydrogen-bond donors (Lipinski definition) is 1. The molecule has 4 rings (SSSR count). The van der Waals surface area contributed by atoms with Crippen LogP contribution < -0.4 is 5.56 Å². The Morgan fingerprint density at radius 2 is 1.90 bits per heavy atom. The van der Waals surface area contributed by atoms with E-state index in [-0.39, 0.29) is 5.56 Å². The Labute approximate surface area is 125 Å². The molecule has 0 radical (unpaired) electrons. The Hall–Kier alpha value is -2.52. The second-order valence-corrected chi connectivity index (χ2v) is 5.37. The molecule has 1 N–H and O–H groups in total. The fourth-order valence-electron chi connectivity index (χ4n) is 2.68. The van der Waals surface area contributed by atoms with E-state index in [2.05, 4.69) is 4.98 Å². The van der Waals surface area contributed by atoms with Gasteiger partial charge in [-0.25, -0.2) is 0 Å². The number of halogens is 1. The highest BCUT2D eigenvalue weighted by atomic mass is 35.5. The molecule has 0 aliphatic carbocycles. The van der Waals surface area contributed by atoms with Crippen molar-refractivity contribution >= 4 is 33.3 Å². The number of H-pyrrole nitrogens is 1. The van der Waals surface area contributed by atoms with Crippen molar-refractivity contribution in [2.24, 2.45) is 0 Å². The Morgan fingerprint density at radius 3 is 2.81 bits per heavy atom. The van der Waals surface area contributed by atoms with Gasteiger partial charge in [-0.05, 0) is 41.8 Å². The Balaban J connectivity index is 2.09. The van der Waals surface area contributed by atoms with Crippen LogP contribution in [0.1, 0.15) is 0 Å². The SMILES string of the molecule is O=c1c2cc(Cl)ccc2ccn1-c1cccc2[nH]ccc12. The maximum Gasteiger partial charge on any atom is 0.263 e. The van der Waals surface area contributed by atoms with Crippen LogP contribution in [-0.4, -0.2) is 9.55 Å². The Morgan fingerprint density at radius 1 is 1.00 bits per heavy atom. The molecular weight excluding hydrogens is 284 g/mol. The fraction of sp³-hybridized carbons (Fsp3) is 0. The molecule has 4 heteroatoms. The van der Waals surface area contributed by atoms with Gasteiger partial charge in [0.1, 0.15) is 0 Å². The van der Waals surface area contributed by atoms with E-state index in [0.29, 0.717) is 10.4 Å². The average Bonchev–Trinajstić information content (AvgIpc) is 2.97. The van der Waals surface area contributed by atoms with Crippen LogP contribution in [0.5, 0.6) is 0 Å². The van der Waals surface area contributed by atoms with Gasteiger partial charge < -0.3 is 4.98 Å². The normalized spacial score (nSPS) is 11.3. The van der Waals surface area contributed by atoms with Crippen molar-refractivity contribution in [3.63, 3.8) is 0 Å². The lowest BCUT2D eigenvalue weighted by Gasteiger charge is -2.09. The summed E-state index contributed by atoms with van der Waals surface area (Å²) in [6.07, 6.45) is 3.68. The minimum atomic E-state index is -0.0660. The van der Waals surface area contributed by atoms with E-state index in [4.69, 9.17) is 11.6 Å². The van der Waals surface area contributed by atoms with E-state index in [9.17, 15) is 4.79 Å². The van der Waals surface area contributed by atoms with Crippen LogP contribution in [0.15, 0.2) is 65.7 Å². The summed E-state index contributed by atoms with van der Waals surface area (Å²) in [7, 11) is 0. The number of nitrogens with one attached hydrogen (secondary N) is 1. The molecule has 2 heterocycles. The molecule has 21 heavy (non-hydrogen) atoms. The maximum absolute atomic E-state index is 12.7. The zero-order valence-electron chi connectivity index (χ0n) is 11.0. The molecule has 0 bridgehead atoms. The molecule has 0 unspecified atom stereocenters.